The number of benzene rings is 2. The predicted octanol–water partition coefficient (Wildman–Crippen LogP) is 4.32. The van der Waals surface area contributed by atoms with Crippen LogP contribution in [0.15, 0.2) is 64.6 Å². The first-order valence-corrected chi connectivity index (χ1v) is 16.7. The van der Waals surface area contributed by atoms with Crippen LogP contribution in [0.5, 0.6) is 0 Å². The van der Waals surface area contributed by atoms with Crippen LogP contribution in [-0.4, -0.2) is 50.2 Å². The molecule has 43 heavy (non-hydrogen) atoms. The third-order valence-electron chi connectivity index (χ3n) is 8.43. The van der Waals surface area contributed by atoms with Gasteiger partial charge in [-0.25, -0.2) is 34.7 Å². The average molecular weight is 658 g/mol. The number of fused-ring (bicyclic) bond motifs is 2. The van der Waals surface area contributed by atoms with E-state index in [1.807, 2.05) is 6.92 Å². The summed E-state index contributed by atoms with van der Waals surface area (Å²) in [6.45, 7) is 1.57. The van der Waals surface area contributed by atoms with Gasteiger partial charge in [0.15, 0.2) is 27.3 Å². The molecule has 9 nitrogen and oxygen atoms in total. The maximum Gasteiger partial charge on any atom is 0.255 e. The van der Waals surface area contributed by atoms with Gasteiger partial charge in [-0.05, 0) is 67.3 Å². The van der Waals surface area contributed by atoms with E-state index in [1.54, 1.807) is 0 Å². The van der Waals surface area contributed by atoms with E-state index in [4.69, 9.17) is 11.6 Å². The van der Waals surface area contributed by atoms with Crippen LogP contribution in [0.3, 0.4) is 0 Å². The number of hydrogen-bond acceptors (Lipinski definition) is 7. The van der Waals surface area contributed by atoms with Crippen molar-refractivity contribution in [2.45, 2.75) is 46.8 Å². The minimum atomic E-state index is -4.17. The van der Waals surface area contributed by atoms with Crippen LogP contribution in [0.4, 0.5) is 18.9 Å². The molecule has 3 aromatic rings. The SMILES string of the molecule is C[C@H]1CC2C[C@@H](S(=O)(=O)c3cc(C(=O)Nc4cc(F)c(F)c(F)c4)ccc3Cl)C[C@H]1[C@@]2(O)CNS(=O)(=O)c1cccnc1. The second kappa shape index (κ2) is 11.5. The lowest BCUT2D eigenvalue weighted by atomic mass is 9.73. The molecule has 2 fully saturated rings. The van der Waals surface area contributed by atoms with Gasteiger partial charge in [-0.1, -0.05) is 18.5 Å². The summed E-state index contributed by atoms with van der Waals surface area (Å²) in [4.78, 5) is 16.2. The summed E-state index contributed by atoms with van der Waals surface area (Å²) in [6.07, 6.45) is 3.13. The molecule has 3 N–H and O–H groups in total. The van der Waals surface area contributed by atoms with Crippen molar-refractivity contribution in [3.8, 4) is 0 Å². The van der Waals surface area contributed by atoms with E-state index >= 15 is 0 Å². The van der Waals surface area contributed by atoms with E-state index in [9.17, 15) is 39.9 Å². The number of carbonyl (C=O) groups excluding carboxylic acids is 1. The zero-order valence-electron chi connectivity index (χ0n) is 22.6. The van der Waals surface area contributed by atoms with Crippen molar-refractivity contribution in [2.24, 2.45) is 17.8 Å². The highest BCUT2D eigenvalue weighted by Crippen LogP contribution is 2.54. The number of anilines is 1. The van der Waals surface area contributed by atoms with E-state index in [-0.39, 0.29) is 51.4 Å². The third kappa shape index (κ3) is 5.90. The predicted molar refractivity (Wildman–Crippen MR) is 151 cm³/mol. The highest BCUT2D eigenvalue weighted by atomic mass is 35.5. The minimum Gasteiger partial charge on any atom is -0.388 e. The second-order valence-corrected chi connectivity index (χ2v) is 15.4. The molecule has 0 radical (unpaired) electrons. The molecule has 2 aromatic carbocycles. The number of aromatic nitrogens is 1. The molecule has 0 spiro atoms. The number of nitrogens with one attached hydrogen (secondary N) is 2. The Morgan fingerprint density at radius 3 is 2.40 bits per heavy atom. The fourth-order valence-corrected chi connectivity index (χ4v) is 9.67. The molecule has 5 rings (SSSR count). The zero-order valence-corrected chi connectivity index (χ0v) is 25.0. The molecule has 2 bridgehead atoms. The van der Waals surface area contributed by atoms with Crippen LogP contribution in [-0.2, 0) is 19.9 Å². The summed E-state index contributed by atoms with van der Waals surface area (Å²) in [6, 6.07) is 7.50. The smallest absolute Gasteiger partial charge is 0.255 e. The van der Waals surface area contributed by atoms with Crippen molar-refractivity contribution in [1.29, 1.82) is 0 Å². The van der Waals surface area contributed by atoms with Gasteiger partial charge in [0.25, 0.3) is 5.91 Å². The third-order valence-corrected chi connectivity index (χ3v) is 12.5. The molecule has 1 aromatic heterocycles. The van der Waals surface area contributed by atoms with Crippen molar-refractivity contribution >= 4 is 43.1 Å². The number of pyridine rings is 1. The molecule has 2 aliphatic carbocycles. The first-order chi connectivity index (χ1) is 20.1. The number of sulfonamides is 1. The summed E-state index contributed by atoms with van der Waals surface area (Å²) in [5.41, 5.74) is -2.05. The number of nitrogens with zero attached hydrogens (tertiary/aromatic N) is 1. The number of aliphatic hydroxyl groups is 1. The summed E-state index contributed by atoms with van der Waals surface area (Å²) >= 11 is 6.27. The molecule has 5 atom stereocenters. The number of halogens is 4. The lowest BCUT2D eigenvalue weighted by Crippen LogP contribution is -2.55. The zero-order chi connectivity index (χ0) is 31.3. The maximum absolute atomic E-state index is 13.8. The van der Waals surface area contributed by atoms with Crippen molar-refractivity contribution < 1.29 is 39.9 Å². The van der Waals surface area contributed by atoms with Gasteiger partial charge in [0.2, 0.25) is 10.0 Å². The van der Waals surface area contributed by atoms with Crippen molar-refractivity contribution in [2.75, 3.05) is 11.9 Å². The Hall–Kier alpha value is -3.04. The molecule has 230 valence electrons. The standard InChI is InChI=1S/C28H27ClF3N3O6S2/c1-15-7-17-9-20(12-21(15)28(17,37)14-34-43(40,41)19-3-2-6-33-13-19)42(38,39)25-8-16(4-5-22(25)29)27(36)35-18-10-23(30)26(32)24(31)11-18/h2-6,8,10-11,13,15,17,20-21,34,37H,7,9,12,14H2,1H3,(H,35,36)/t15-,17?,20+,21+,28+/m0/s1. The fourth-order valence-electron chi connectivity index (χ4n) is 6.25. The van der Waals surface area contributed by atoms with Gasteiger partial charge in [-0.2, -0.15) is 0 Å². The quantitative estimate of drug-likeness (QED) is 0.306. The number of sulfone groups is 1. The van der Waals surface area contributed by atoms with Gasteiger partial charge in [-0.3, -0.25) is 9.78 Å². The van der Waals surface area contributed by atoms with Crippen molar-refractivity contribution in [1.82, 2.24) is 9.71 Å². The van der Waals surface area contributed by atoms with Crippen LogP contribution in [0, 0.1) is 35.2 Å². The molecular formula is C28H27ClF3N3O6S2. The monoisotopic (exact) mass is 657 g/mol. The highest BCUT2D eigenvalue weighted by molar-refractivity contribution is 7.92. The van der Waals surface area contributed by atoms with Crippen LogP contribution in [0.25, 0.3) is 0 Å². The minimum absolute atomic E-state index is 0.0198. The molecule has 2 saturated carbocycles. The number of rotatable bonds is 8. The lowest BCUT2D eigenvalue weighted by molar-refractivity contribution is -0.0576. The molecule has 0 aliphatic heterocycles. The van der Waals surface area contributed by atoms with E-state index in [0.29, 0.717) is 18.6 Å². The molecule has 2 aliphatic rings. The van der Waals surface area contributed by atoms with Crippen molar-refractivity contribution in [3.63, 3.8) is 0 Å². The summed E-state index contributed by atoms with van der Waals surface area (Å²) < 4.78 is 96.2. The highest BCUT2D eigenvalue weighted by Gasteiger charge is 2.58. The normalized spacial score (nSPS) is 25.4. The number of carbonyl (C=O) groups is 1. The molecule has 1 amide bonds. The first kappa shape index (κ1) is 31.4. The molecule has 1 unspecified atom stereocenters. The average Bonchev–Trinajstić information content (AvgIpc) is 3.07. The summed E-state index contributed by atoms with van der Waals surface area (Å²) in [5, 5.41) is 12.7. The largest absolute Gasteiger partial charge is 0.388 e. The van der Waals surface area contributed by atoms with Gasteiger partial charge in [0.05, 0.1) is 20.8 Å². The van der Waals surface area contributed by atoms with Gasteiger partial charge < -0.3 is 10.4 Å². The Balaban J connectivity index is 1.36. The maximum atomic E-state index is 13.8. The fraction of sp³-hybridized carbons (Fsp3) is 0.357. The van der Waals surface area contributed by atoms with Gasteiger partial charge in [0, 0.05) is 42.3 Å². The van der Waals surface area contributed by atoms with Crippen LogP contribution < -0.4 is 10.0 Å². The summed E-state index contributed by atoms with van der Waals surface area (Å²) in [5.74, 6) is -6.86. The molecule has 1 heterocycles. The van der Waals surface area contributed by atoms with Gasteiger partial charge >= 0.3 is 0 Å². The molecular weight excluding hydrogens is 631 g/mol. The first-order valence-electron chi connectivity index (χ1n) is 13.2. The topological polar surface area (TPSA) is 143 Å². The second-order valence-electron chi connectivity index (χ2n) is 11.0. The Morgan fingerprint density at radius 1 is 1.07 bits per heavy atom. The van der Waals surface area contributed by atoms with Gasteiger partial charge in [-0.15, -0.1) is 0 Å². The molecule has 15 heteroatoms. The van der Waals surface area contributed by atoms with Crippen LogP contribution in [0.2, 0.25) is 5.02 Å². The van der Waals surface area contributed by atoms with Crippen LogP contribution in [0.1, 0.15) is 36.5 Å². The number of hydrogen-bond donors (Lipinski definition) is 3. The number of amides is 1. The molecule has 0 saturated heterocycles. The van der Waals surface area contributed by atoms with Crippen LogP contribution >= 0.6 is 11.6 Å². The van der Waals surface area contributed by atoms with Crippen molar-refractivity contribution in [3.05, 3.63) is 82.9 Å². The van der Waals surface area contributed by atoms with E-state index in [1.165, 1.54) is 36.7 Å². The lowest BCUT2D eigenvalue weighted by Gasteiger charge is -2.43. The van der Waals surface area contributed by atoms with E-state index in [0.717, 1.165) is 6.07 Å². The Labute approximate surface area is 251 Å². The van der Waals surface area contributed by atoms with E-state index in [2.05, 4.69) is 15.0 Å². The van der Waals surface area contributed by atoms with E-state index < -0.39 is 65.9 Å². The Bertz CT molecular complexity index is 1770. The van der Waals surface area contributed by atoms with Gasteiger partial charge in [0.1, 0.15) is 4.90 Å². The Morgan fingerprint density at radius 2 is 1.77 bits per heavy atom. The summed E-state index contributed by atoms with van der Waals surface area (Å²) in [7, 11) is -8.14. The Kier molecular flexibility index (Phi) is 8.37.